The number of fused-ring (bicyclic) bond motifs is 3. The second-order valence-corrected chi connectivity index (χ2v) is 9.19. The maximum atomic E-state index is 13.4. The Morgan fingerprint density at radius 3 is 2.43 bits per heavy atom. The maximum Gasteiger partial charge on any atom is 0.270 e. The predicted octanol–water partition coefficient (Wildman–Crippen LogP) is 2.12. The van der Waals surface area contributed by atoms with Crippen LogP contribution >= 0.6 is 0 Å². The second-order valence-electron chi connectivity index (χ2n) is 9.19. The van der Waals surface area contributed by atoms with Crippen molar-refractivity contribution in [1.82, 2.24) is 9.80 Å². The van der Waals surface area contributed by atoms with E-state index < -0.39 is 22.9 Å². The number of likely N-dealkylation sites (N-methyl/N-ethyl adjacent to an activating group) is 1. The van der Waals surface area contributed by atoms with Gasteiger partial charge in [-0.25, -0.2) is 0 Å². The second kappa shape index (κ2) is 11.8. The number of non-ortho nitro benzene ring substituents is 1. The first-order chi connectivity index (χ1) is 16.7. The molecular weight excluding hydrogens is 458 g/mol. The van der Waals surface area contributed by atoms with Crippen molar-refractivity contribution in [2.45, 2.75) is 50.6 Å². The molecule has 11 nitrogen and oxygen atoms in total. The number of hydrogen-bond acceptors (Lipinski definition) is 8. The molecule has 2 aliphatic rings. The van der Waals surface area contributed by atoms with E-state index >= 15 is 0 Å². The van der Waals surface area contributed by atoms with Crippen molar-refractivity contribution in [3.8, 4) is 5.75 Å². The highest BCUT2D eigenvalue weighted by Gasteiger charge is 2.34. The van der Waals surface area contributed by atoms with Crippen LogP contribution in [-0.4, -0.2) is 99.0 Å². The highest BCUT2D eigenvalue weighted by atomic mass is 16.6. The Kier molecular flexibility index (Phi) is 9.03. The molecule has 2 bridgehead atoms. The molecule has 0 N–H and O–H groups in total. The summed E-state index contributed by atoms with van der Waals surface area (Å²) in [6.45, 7) is 2.53. The number of hydrogen-bond donors (Lipinski definition) is 0. The number of amides is 2. The Morgan fingerprint density at radius 1 is 1.06 bits per heavy atom. The van der Waals surface area contributed by atoms with Crippen LogP contribution in [0.25, 0.3) is 0 Å². The van der Waals surface area contributed by atoms with E-state index in [4.69, 9.17) is 18.9 Å². The van der Waals surface area contributed by atoms with Crippen molar-refractivity contribution in [2.24, 2.45) is 5.92 Å². The molecule has 0 aromatic heterocycles. The van der Waals surface area contributed by atoms with Crippen molar-refractivity contribution in [2.75, 3.05) is 48.0 Å². The molecule has 35 heavy (non-hydrogen) atoms. The zero-order valence-corrected chi connectivity index (χ0v) is 21.0. The summed E-state index contributed by atoms with van der Waals surface area (Å²) in [5.74, 6) is -0.854. The van der Waals surface area contributed by atoms with Crippen molar-refractivity contribution in [1.29, 1.82) is 0 Å². The van der Waals surface area contributed by atoms with E-state index in [2.05, 4.69) is 0 Å². The summed E-state index contributed by atoms with van der Waals surface area (Å²) in [7, 11) is 6.43. The van der Waals surface area contributed by atoms with E-state index in [9.17, 15) is 19.7 Å². The molecule has 1 aromatic rings. The third kappa shape index (κ3) is 6.28. The lowest BCUT2D eigenvalue weighted by Crippen LogP contribution is -2.47. The van der Waals surface area contributed by atoms with Crippen LogP contribution in [-0.2, 0) is 19.0 Å². The van der Waals surface area contributed by atoms with Crippen molar-refractivity contribution in [3.63, 3.8) is 0 Å². The van der Waals surface area contributed by atoms with Crippen LogP contribution in [0, 0.1) is 16.0 Å². The lowest BCUT2D eigenvalue weighted by Gasteiger charge is -2.37. The molecule has 1 fully saturated rings. The van der Waals surface area contributed by atoms with Gasteiger partial charge in [-0.1, -0.05) is 6.92 Å². The minimum atomic E-state index is -0.562. The number of ether oxygens (including phenoxy) is 4. The minimum Gasteiger partial charge on any atom is -0.490 e. The van der Waals surface area contributed by atoms with Crippen molar-refractivity contribution in [3.05, 3.63) is 33.9 Å². The molecule has 2 amide bonds. The Bertz CT molecular complexity index is 926. The number of methoxy groups -OCH3 is 2. The standard InChI is InChI=1S/C24H35N3O8/c1-15-21(33-5)13-26(3)24(29)18-12-16(27(30)31)6-8-19(18)34-14-22-20(32-4)9-7-17(35-22)10-11-25(2)23(15)28/h6,8,12,15,17,20-22H,7,9-11,13-14H2,1-5H3/t15-,17-,20-,21+,22+/m0/s1. The monoisotopic (exact) mass is 493 g/mol. The van der Waals surface area contributed by atoms with Crippen LogP contribution in [0.5, 0.6) is 5.75 Å². The first kappa shape index (κ1) is 26.8. The number of benzene rings is 1. The number of nitro benzene ring substituents is 1. The van der Waals surface area contributed by atoms with Gasteiger partial charge >= 0.3 is 0 Å². The quantitative estimate of drug-likeness (QED) is 0.464. The van der Waals surface area contributed by atoms with Gasteiger partial charge in [0.05, 0.1) is 34.7 Å². The van der Waals surface area contributed by atoms with E-state index in [0.29, 0.717) is 13.0 Å². The van der Waals surface area contributed by atoms with Gasteiger partial charge in [-0.3, -0.25) is 19.7 Å². The molecule has 0 saturated carbocycles. The van der Waals surface area contributed by atoms with E-state index in [0.717, 1.165) is 12.8 Å². The fourth-order valence-corrected chi connectivity index (χ4v) is 4.61. The average Bonchev–Trinajstić information content (AvgIpc) is 2.86. The molecule has 0 aliphatic carbocycles. The molecule has 194 valence electrons. The van der Waals surface area contributed by atoms with Gasteiger partial charge in [-0.2, -0.15) is 0 Å². The molecule has 3 rings (SSSR count). The van der Waals surface area contributed by atoms with Gasteiger partial charge in [-0.05, 0) is 25.3 Å². The molecule has 1 aromatic carbocycles. The predicted molar refractivity (Wildman–Crippen MR) is 126 cm³/mol. The SMILES string of the molecule is CO[C@H]1CC[C@H]2CCN(C)C(=O)[C@@H](C)[C@H](OC)CN(C)C(=O)c3cc([N+](=O)[O-])ccc3OC[C@H]1O2. The van der Waals surface area contributed by atoms with Crippen LogP contribution in [0.3, 0.4) is 0 Å². The van der Waals surface area contributed by atoms with Crippen molar-refractivity contribution >= 4 is 17.5 Å². The zero-order valence-electron chi connectivity index (χ0n) is 21.0. The number of carbonyl (C=O) groups is 2. The molecule has 5 atom stereocenters. The molecule has 11 heteroatoms. The summed E-state index contributed by atoms with van der Waals surface area (Å²) in [6.07, 6.45) is 1.01. The molecule has 0 radical (unpaired) electrons. The lowest BCUT2D eigenvalue weighted by molar-refractivity contribution is -0.384. The number of rotatable bonds is 3. The first-order valence-corrected chi connectivity index (χ1v) is 11.8. The highest BCUT2D eigenvalue weighted by Crippen LogP contribution is 2.29. The summed E-state index contributed by atoms with van der Waals surface area (Å²) < 4.78 is 23.4. The molecule has 2 aliphatic heterocycles. The summed E-state index contributed by atoms with van der Waals surface area (Å²) in [5, 5.41) is 11.4. The summed E-state index contributed by atoms with van der Waals surface area (Å²) in [6, 6.07) is 3.94. The summed E-state index contributed by atoms with van der Waals surface area (Å²) in [4.78, 5) is 40.3. The van der Waals surface area contributed by atoms with E-state index in [1.807, 2.05) is 0 Å². The summed E-state index contributed by atoms with van der Waals surface area (Å²) in [5.41, 5.74) is -0.165. The van der Waals surface area contributed by atoms with E-state index in [1.165, 1.54) is 30.2 Å². The molecule has 2 heterocycles. The van der Waals surface area contributed by atoms with Crippen LogP contribution in [0.15, 0.2) is 18.2 Å². The first-order valence-electron chi connectivity index (χ1n) is 11.8. The Morgan fingerprint density at radius 2 is 1.77 bits per heavy atom. The lowest BCUT2D eigenvalue weighted by atomic mass is 9.98. The number of carbonyl (C=O) groups excluding carboxylic acids is 2. The zero-order chi connectivity index (χ0) is 25.7. The molecule has 0 unspecified atom stereocenters. The van der Waals surface area contributed by atoms with Gasteiger partial charge in [0.15, 0.2) is 0 Å². The number of nitrogens with zero attached hydrogens (tertiary/aromatic N) is 3. The third-order valence-corrected chi connectivity index (χ3v) is 6.88. The van der Waals surface area contributed by atoms with Crippen molar-refractivity contribution < 1.29 is 33.5 Å². The van der Waals surface area contributed by atoms with Gasteiger partial charge in [0, 0.05) is 53.5 Å². The number of nitro groups is 1. The maximum absolute atomic E-state index is 13.4. The van der Waals surface area contributed by atoms with Gasteiger partial charge in [0.2, 0.25) is 5.91 Å². The Balaban J connectivity index is 1.98. The van der Waals surface area contributed by atoms with Crippen LogP contribution < -0.4 is 4.74 Å². The van der Waals surface area contributed by atoms with E-state index in [-0.39, 0.29) is 54.4 Å². The van der Waals surface area contributed by atoms with Gasteiger partial charge < -0.3 is 28.7 Å². The highest BCUT2D eigenvalue weighted by molar-refractivity contribution is 5.97. The van der Waals surface area contributed by atoms with Crippen LogP contribution in [0.4, 0.5) is 5.69 Å². The molecule has 1 saturated heterocycles. The fourth-order valence-electron chi connectivity index (χ4n) is 4.61. The normalized spacial score (nSPS) is 28.9. The summed E-state index contributed by atoms with van der Waals surface area (Å²) >= 11 is 0. The molecular formula is C24H35N3O8. The van der Waals surface area contributed by atoms with Crippen LogP contribution in [0.1, 0.15) is 36.5 Å². The average molecular weight is 494 g/mol. The van der Waals surface area contributed by atoms with Gasteiger partial charge in [0.25, 0.3) is 11.6 Å². The largest absolute Gasteiger partial charge is 0.490 e. The smallest absolute Gasteiger partial charge is 0.270 e. The Hall–Kier alpha value is -2.76. The van der Waals surface area contributed by atoms with Gasteiger partial charge in [-0.15, -0.1) is 0 Å². The Labute approximate surface area is 205 Å². The van der Waals surface area contributed by atoms with Crippen LogP contribution in [0.2, 0.25) is 0 Å². The fraction of sp³-hybridized carbons (Fsp3) is 0.667. The topological polar surface area (TPSA) is 121 Å². The minimum absolute atomic E-state index is 0.0565. The molecule has 0 spiro atoms. The third-order valence-electron chi connectivity index (χ3n) is 6.88. The van der Waals surface area contributed by atoms with E-state index in [1.54, 1.807) is 33.0 Å². The van der Waals surface area contributed by atoms with Gasteiger partial charge in [0.1, 0.15) is 18.5 Å².